The number of aromatic nitrogens is 1. The maximum atomic E-state index is 10.0. The quantitative estimate of drug-likeness (QED) is 0.768. The zero-order valence-electron chi connectivity index (χ0n) is 8.88. The zero-order chi connectivity index (χ0) is 11.4. The first kappa shape index (κ1) is 10.6. The summed E-state index contributed by atoms with van der Waals surface area (Å²) in [4.78, 5) is 3.94. The molecule has 0 radical (unpaired) electrons. The van der Waals surface area contributed by atoms with E-state index in [1.807, 2.05) is 24.3 Å². The van der Waals surface area contributed by atoms with Crippen molar-refractivity contribution in [2.75, 3.05) is 5.73 Å². The lowest BCUT2D eigenvalue weighted by Gasteiger charge is -2.10. The number of aliphatic hydroxyl groups is 1. The van der Waals surface area contributed by atoms with Crippen LogP contribution in [-0.4, -0.2) is 10.1 Å². The lowest BCUT2D eigenvalue weighted by atomic mass is 10.0. The van der Waals surface area contributed by atoms with Crippen LogP contribution in [0.5, 0.6) is 0 Å². The van der Waals surface area contributed by atoms with Crippen LogP contribution in [0.4, 0.5) is 5.69 Å². The van der Waals surface area contributed by atoms with Gasteiger partial charge >= 0.3 is 0 Å². The van der Waals surface area contributed by atoms with Gasteiger partial charge in [-0.25, -0.2) is 0 Å². The van der Waals surface area contributed by atoms with E-state index in [4.69, 9.17) is 5.73 Å². The van der Waals surface area contributed by atoms with Gasteiger partial charge in [0.1, 0.15) is 0 Å². The molecule has 0 aliphatic heterocycles. The Labute approximate surface area is 94.6 Å². The van der Waals surface area contributed by atoms with E-state index in [0.29, 0.717) is 12.1 Å². The van der Waals surface area contributed by atoms with Crippen LogP contribution in [0.3, 0.4) is 0 Å². The second kappa shape index (κ2) is 4.77. The number of nitrogens with zero attached hydrogens (tertiary/aromatic N) is 1. The lowest BCUT2D eigenvalue weighted by molar-refractivity contribution is 0.178. The fourth-order valence-electron chi connectivity index (χ4n) is 1.58. The Balaban J connectivity index is 2.09. The molecule has 0 aliphatic carbocycles. The molecular formula is C13H14N2O. The summed E-state index contributed by atoms with van der Waals surface area (Å²) < 4.78 is 0. The van der Waals surface area contributed by atoms with Crippen LogP contribution in [0.1, 0.15) is 17.2 Å². The van der Waals surface area contributed by atoms with Crippen LogP contribution in [-0.2, 0) is 6.42 Å². The largest absolute Gasteiger partial charge is 0.399 e. The third kappa shape index (κ3) is 2.58. The van der Waals surface area contributed by atoms with Gasteiger partial charge in [0.25, 0.3) is 0 Å². The Hall–Kier alpha value is -1.87. The predicted molar refractivity (Wildman–Crippen MR) is 63.8 cm³/mol. The number of aliphatic hydroxyl groups excluding tert-OH is 1. The van der Waals surface area contributed by atoms with Crippen LogP contribution in [0.25, 0.3) is 0 Å². The summed E-state index contributed by atoms with van der Waals surface area (Å²) in [5, 5.41) is 10.0. The molecule has 82 valence electrons. The molecule has 3 N–H and O–H groups in total. The molecule has 0 aliphatic rings. The molecule has 0 spiro atoms. The van der Waals surface area contributed by atoms with E-state index < -0.39 is 6.10 Å². The standard InChI is InChI=1S/C13H14N2O/c14-12-3-1-11(2-4-12)13(16)9-10-5-7-15-8-6-10/h1-8,13,16H,9,14H2. The zero-order valence-corrected chi connectivity index (χ0v) is 8.88. The highest BCUT2D eigenvalue weighted by Crippen LogP contribution is 2.18. The van der Waals surface area contributed by atoms with E-state index in [9.17, 15) is 5.11 Å². The van der Waals surface area contributed by atoms with E-state index in [2.05, 4.69) is 4.98 Å². The molecule has 0 amide bonds. The number of benzene rings is 1. The van der Waals surface area contributed by atoms with Crippen molar-refractivity contribution in [1.82, 2.24) is 4.98 Å². The van der Waals surface area contributed by atoms with Gasteiger partial charge in [-0.1, -0.05) is 12.1 Å². The molecule has 2 aromatic rings. The van der Waals surface area contributed by atoms with E-state index in [1.165, 1.54) is 0 Å². The minimum atomic E-state index is -0.497. The number of nitrogens with two attached hydrogens (primary N) is 1. The summed E-state index contributed by atoms with van der Waals surface area (Å²) in [5.74, 6) is 0. The minimum absolute atomic E-state index is 0.497. The van der Waals surface area contributed by atoms with Crippen LogP contribution in [0.2, 0.25) is 0 Å². The van der Waals surface area contributed by atoms with Gasteiger partial charge in [-0.05, 0) is 35.4 Å². The highest BCUT2D eigenvalue weighted by molar-refractivity contribution is 5.40. The number of pyridine rings is 1. The molecule has 3 nitrogen and oxygen atoms in total. The fraction of sp³-hybridized carbons (Fsp3) is 0.154. The SMILES string of the molecule is Nc1ccc(C(O)Cc2ccncc2)cc1. The maximum absolute atomic E-state index is 10.0. The third-order valence-corrected chi connectivity index (χ3v) is 2.50. The maximum Gasteiger partial charge on any atom is 0.0830 e. The minimum Gasteiger partial charge on any atom is -0.399 e. The summed E-state index contributed by atoms with van der Waals surface area (Å²) in [7, 11) is 0. The van der Waals surface area contributed by atoms with E-state index in [-0.39, 0.29) is 0 Å². The molecule has 0 bridgehead atoms. The van der Waals surface area contributed by atoms with E-state index >= 15 is 0 Å². The first-order valence-electron chi connectivity index (χ1n) is 5.18. The Morgan fingerprint density at radius 2 is 1.69 bits per heavy atom. The first-order valence-corrected chi connectivity index (χ1v) is 5.18. The second-order valence-electron chi connectivity index (χ2n) is 3.74. The molecular weight excluding hydrogens is 200 g/mol. The lowest BCUT2D eigenvalue weighted by Crippen LogP contribution is -2.01. The van der Waals surface area contributed by atoms with Gasteiger partial charge in [0.15, 0.2) is 0 Å². The normalized spacial score (nSPS) is 12.3. The smallest absolute Gasteiger partial charge is 0.0830 e. The van der Waals surface area contributed by atoms with Gasteiger partial charge in [-0.2, -0.15) is 0 Å². The van der Waals surface area contributed by atoms with Gasteiger partial charge in [0.2, 0.25) is 0 Å². The van der Waals surface area contributed by atoms with E-state index in [0.717, 1.165) is 11.1 Å². The molecule has 0 saturated carbocycles. The summed E-state index contributed by atoms with van der Waals surface area (Å²) in [5.41, 5.74) is 8.25. The molecule has 1 unspecified atom stereocenters. The molecule has 3 heteroatoms. The molecule has 0 fully saturated rings. The van der Waals surface area contributed by atoms with Gasteiger partial charge in [0, 0.05) is 24.5 Å². The molecule has 0 saturated heterocycles. The second-order valence-corrected chi connectivity index (χ2v) is 3.74. The monoisotopic (exact) mass is 214 g/mol. The number of nitrogen functional groups attached to an aromatic ring is 1. The van der Waals surface area contributed by atoms with Crippen molar-refractivity contribution < 1.29 is 5.11 Å². The molecule has 1 atom stereocenters. The molecule has 1 heterocycles. The topological polar surface area (TPSA) is 59.1 Å². The first-order chi connectivity index (χ1) is 7.75. The molecule has 2 rings (SSSR count). The summed E-state index contributed by atoms with van der Waals surface area (Å²) >= 11 is 0. The molecule has 1 aromatic carbocycles. The summed E-state index contributed by atoms with van der Waals surface area (Å²) in [6, 6.07) is 11.1. The average molecular weight is 214 g/mol. The average Bonchev–Trinajstić information content (AvgIpc) is 2.31. The Kier molecular flexibility index (Phi) is 3.17. The van der Waals surface area contributed by atoms with Crippen molar-refractivity contribution in [3.8, 4) is 0 Å². The van der Waals surface area contributed by atoms with Crippen molar-refractivity contribution >= 4 is 5.69 Å². The Morgan fingerprint density at radius 1 is 1.06 bits per heavy atom. The van der Waals surface area contributed by atoms with Crippen molar-refractivity contribution in [2.45, 2.75) is 12.5 Å². The van der Waals surface area contributed by atoms with Crippen molar-refractivity contribution in [2.24, 2.45) is 0 Å². The van der Waals surface area contributed by atoms with Gasteiger partial charge < -0.3 is 10.8 Å². The van der Waals surface area contributed by atoms with Gasteiger partial charge in [-0.15, -0.1) is 0 Å². The van der Waals surface area contributed by atoms with E-state index in [1.54, 1.807) is 24.5 Å². The summed E-state index contributed by atoms with van der Waals surface area (Å²) in [6.07, 6.45) is 3.55. The highest BCUT2D eigenvalue weighted by atomic mass is 16.3. The summed E-state index contributed by atoms with van der Waals surface area (Å²) in [6.45, 7) is 0. The van der Waals surface area contributed by atoms with Crippen LogP contribution < -0.4 is 5.73 Å². The Bertz CT molecular complexity index is 439. The highest BCUT2D eigenvalue weighted by Gasteiger charge is 2.07. The number of hydrogen-bond donors (Lipinski definition) is 2. The van der Waals surface area contributed by atoms with Crippen molar-refractivity contribution in [3.63, 3.8) is 0 Å². The van der Waals surface area contributed by atoms with Crippen molar-refractivity contribution in [3.05, 3.63) is 59.9 Å². The number of hydrogen-bond acceptors (Lipinski definition) is 3. The van der Waals surface area contributed by atoms with Gasteiger partial charge in [0.05, 0.1) is 6.10 Å². The number of rotatable bonds is 3. The predicted octanol–water partition coefficient (Wildman–Crippen LogP) is 1.94. The molecule has 1 aromatic heterocycles. The van der Waals surface area contributed by atoms with Crippen LogP contribution >= 0.6 is 0 Å². The van der Waals surface area contributed by atoms with Crippen molar-refractivity contribution in [1.29, 1.82) is 0 Å². The Morgan fingerprint density at radius 3 is 2.31 bits per heavy atom. The van der Waals surface area contributed by atoms with Crippen LogP contribution in [0, 0.1) is 0 Å². The van der Waals surface area contributed by atoms with Crippen LogP contribution in [0.15, 0.2) is 48.8 Å². The number of anilines is 1. The fourth-order valence-corrected chi connectivity index (χ4v) is 1.58. The molecule has 16 heavy (non-hydrogen) atoms. The third-order valence-electron chi connectivity index (χ3n) is 2.50. The van der Waals surface area contributed by atoms with Gasteiger partial charge in [-0.3, -0.25) is 4.98 Å².